The number of rotatable bonds is 6. The largest absolute Gasteiger partial charge is 0.507 e. The second-order valence-electron chi connectivity index (χ2n) is 8.35. The second kappa shape index (κ2) is 9.41. The molecule has 0 saturated heterocycles. The Bertz CT molecular complexity index is 1380. The fraction of sp³-hybridized carbons (Fsp3) is 0.200. The molecular weight excluding hydrogens is 453 g/mol. The first-order chi connectivity index (χ1) is 17.0. The molecule has 178 valence electrons. The Labute approximate surface area is 199 Å². The van der Waals surface area contributed by atoms with Gasteiger partial charge in [0.2, 0.25) is 5.76 Å². The third kappa shape index (κ3) is 4.77. The molecule has 2 heterocycles. The molecule has 2 amide bonds. The van der Waals surface area contributed by atoms with Crippen molar-refractivity contribution in [2.75, 3.05) is 5.32 Å². The third-order valence-corrected chi connectivity index (χ3v) is 5.98. The molecule has 10 heteroatoms. The van der Waals surface area contributed by atoms with Crippen molar-refractivity contribution in [3.63, 3.8) is 0 Å². The molecule has 0 aliphatic heterocycles. The zero-order valence-electron chi connectivity index (χ0n) is 18.6. The number of phenols is 1. The molecular formula is C25H22FN5O4. The van der Waals surface area contributed by atoms with Gasteiger partial charge >= 0.3 is 6.03 Å². The molecule has 0 atom stereocenters. The minimum absolute atomic E-state index is 0.0432. The van der Waals surface area contributed by atoms with Crippen LogP contribution in [0.25, 0.3) is 11.3 Å². The van der Waals surface area contributed by atoms with E-state index < -0.39 is 11.9 Å². The zero-order chi connectivity index (χ0) is 24.4. The highest BCUT2D eigenvalue weighted by molar-refractivity contribution is 6.02. The summed E-state index contributed by atoms with van der Waals surface area (Å²) in [6.07, 6.45) is 4.32. The van der Waals surface area contributed by atoms with E-state index in [0.29, 0.717) is 22.5 Å². The monoisotopic (exact) mass is 475 g/mol. The Kier molecular flexibility index (Phi) is 6.01. The van der Waals surface area contributed by atoms with Crippen LogP contribution < -0.4 is 10.6 Å². The molecule has 2 aromatic carbocycles. The molecule has 9 nitrogen and oxygen atoms in total. The highest BCUT2D eigenvalue weighted by atomic mass is 19.1. The predicted molar refractivity (Wildman–Crippen MR) is 124 cm³/mol. The number of nitrogens with one attached hydrogen (secondary N) is 2. The standard InChI is InChI=1S/C25H22FN5O4/c26-17-6-1-3-15(11-17)14-27-25(34)31-21(16-4-2-5-16)13-20(30-31)19-8-7-18(12-22(19)32)29-24(33)23-9-10-28-35-23/h1,3,6-13,16,32H,2,4-5,14H2,(H,27,34)(H,29,33). The van der Waals surface area contributed by atoms with Gasteiger partial charge in [-0.3, -0.25) is 4.79 Å². The van der Waals surface area contributed by atoms with Gasteiger partial charge in [0.1, 0.15) is 11.6 Å². The van der Waals surface area contributed by atoms with E-state index in [-0.39, 0.29) is 29.8 Å². The molecule has 35 heavy (non-hydrogen) atoms. The lowest BCUT2D eigenvalue weighted by Crippen LogP contribution is -2.31. The van der Waals surface area contributed by atoms with Crippen LogP contribution in [0.5, 0.6) is 5.75 Å². The number of aromatic hydroxyl groups is 1. The van der Waals surface area contributed by atoms with Crippen molar-refractivity contribution >= 4 is 17.6 Å². The molecule has 1 saturated carbocycles. The van der Waals surface area contributed by atoms with Crippen LogP contribution in [0.2, 0.25) is 0 Å². The Morgan fingerprint density at radius 2 is 2.00 bits per heavy atom. The Balaban J connectivity index is 1.37. The first-order valence-electron chi connectivity index (χ1n) is 11.2. The van der Waals surface area contributed by atoms with Crippen LogP contribution >= 0.6 is 0 Å². The number of carbonyl (C=O) groups is 2. The highest BCUT2D eigenvalue weighted by Crippen LogP contribution is 2.39. The molecule has 0 spiro atoms. The van der Waals surface area contributed by atoms with Crippen molar-refractivity contribution in [2.45, 2.75) is 31.7 Å². The van der Waals surface area contributed by atoms with Gasteiger partial charge in [-0.2, -0.15) is 9.78 Å². The maximum absolute atomic E-state index is 13.5. The number of anilines is 1. The average molecular weight is 475 g/mol. The van der Waals surface area contributed by atoms with Gasteiger partial charge in [0.25, 0.3) is 5.91 Å². The minimum atomic E-state index is -0.499. The van der Waals surface area contributed by atoms with Gasteiger partial charge in [-0.25, -0.2) is 9.18 Å². The molecule has 4 aromatic rings. The normalized spacial score (nSPS) is 13.3. The van der Waals surface area contributed by atoms with Crippen LogP contribution in [0.15, 0.2) is 65.3 Å². The van der Waals surface area contributed by atoms with Gasteiger partial charge in [-0.05, 0) is 48.7 Å². The molecule has 1 fully saturated rings. The van der Waals surface area contributed by atoms with Gasteiger partial charge in [0.05, 0.1) is 17.6 Å². The lowest BCUT2D eigenvalue weighted by Gasteiger charge is -2.25. The SMILES string of the molecule is O=C(Nc1ccc(-c2cc(C3CCC3)n(C(=O)NCc3cccc(F)c3)n2)c(O)c1)c1ccno1. The molecule has 0 bridgehead atoms. The van der Waals surface area contributed by atoms with Gasteiger partial charge in [0, 0.05) is 35.8 Å². The van der Waals surface area contributed by atoms with Crippen molar-refractivity contribution in [2.24, 2.45) is 0 Å². The zero-order valence-corrected chi connectivity index (χ0v) is 18.6. The fourth-order valence-corrected chi connectivity index (χ4v) is 3.94. The fourth-order valence-electron chi connectivity index (χ4n) is 3.94. The first-order valence-corrected chi connectivity index (χ1v) is 11.2. The van der Waals surface area contributed by atoms with E-state index >= 15 is 0 Å². The number of aromatic nitrogens is 3. The van der Waals surface area contributed by atoms with Crippen molar-refractivity contribution in [3.05, 3.63) is 83.6 Å². The highest BCUT2D eigenvalue weighted by Gasteiger charge is 2.27. The Morgan fingerprint density at radius 3 is 2.69 bits per heavy atom. The summed E-state index contributed by atoms with van der Waals surface area (Å²) < 4.78 is 19.6. The van der Waals surface area contributed by atoms with Crippen LogP contribution in [-0.4, -0.2) is 32.0 Å². The van der Waals surface area contributed by atoms with E-state index in [0.717, 1.165) is 25.0 Å². The smallest absolute Gasteiger partial charge is 0.342 e. The van der Waals surface area contributed by atoms with E-state index in [1.807, 2.05) is 0 Å². The maximum atomic E-state index is 13.5. The number of amides is 2. The molecule has 1 aliphatic rings. The Morgan fingerprint density at radius 1 is 1.14 bits per heavy atom. The summed E-state index contributed by atoms with van der Waals surface area (Å²) in [4.78, 5) is 25.1. The van der Waals surface area contributed by atoms with E-state index in [9.17, 15) is 19.1 Å². The van der Waals surface area contributed by atoms with Crippen molar-refractivity contribution in [3.8, 4) is 17.0 Å². The van der Waals surface area contributed by atoms with E-state index in [4.69, 9.17) is 4.52 Å². The van der Waals surface area contributed by atoms with Gasteiger partial charge in [0.15, 0.2) is 0 Å². The van der Waals surface area contributed by atoms with Crippen LogP contribution in [0.1, 0.15) is 47.0 Å². The van der Waals surface area contributed by atoms with E-state index in [1.54, 1.807) is 30.3 Å². The van der Waals surface area contributed by atoms with Crippen LogP contribution in [0.3, 0.4) is 0 Å². The quantitative estimate of drug-likeness (QED) is 0.373. The van der Waals surface area contributed by atoms with Crippen molar-refractivity contribution in [1.82, 2.24) is 20.3 Å². The van der Waals surface area contributed by atoms with Gasteiger partial charge in [-0.15, -0.1) is 0 Å². The van der Waals surface area contributed by atoms with E-state index in [2.05, 4.69) is 20.9 Å². The lowest BCUT2D eigenvalue weighted by atomic mass is 9.82. The van der Waals surface area contributed by atoms with Crippen LogP contribution in [0.4, 0.5) is 14.9 Å². The van der Waals surface area contributed by atoms with Gasteiger partial charge < -0.3 is 20.3 Å². The molecule has 5 rings (SSSR count). The summed E-state index contributed by atoms with van der Waals surface area (Å²) >= 11 is 0. The summed E-state index contributed by atoms with van der Waals surface area (Å²) in [7, 11) is 0. The molecule has 0 unspecified atom stereocenters. The molecule has 3 N–H and O–H groups in total. The molecule has 2 aromatic heterocycles. The van der Waals surface area contributed by atoms with Crippen molar-refractivity contribution in [1.29, 1.82) is 0 Å². The molecule has 0 radical (unpaired) electrons. The average Bonchev–Trinajstić information content (AvgIpc) is 3.47. The summed E-state index contributed by atoms with van der Waals surface area (Å²) in [5, 5.41) is 24.0. The summed E-state index contributed by atoms with van der Waals surface area (Å²) in [6.45, 7) is 0.153. The Hall–Kier alpha value is -4.47. The van der Waals surface area contributed by atoms with Crippen molar-refractivity contribution < 1.29 is 23.6 Å². The summed E-state index contributed by atoms with van der Waals surface area (Å²) in [5.74, 6) is -0.740. The lowest BCUT2D eigenvalue weighted by molar-refractivity contribution is 0.0988. The minimum Gasteiger partial charge on any atom is -0.507 e. The number of benzene rings is 2. The number of hydrogen-bond donors (Lipinski definition) is 3. The van der Waals surface area contributed by atoms with Crippen LogP contribution in [0, 0.1) is 5.82 Å². The second-order valence-corrected chi connectivity index (χ2v) is 8.35. The summed E-state index contributed by atoms with van der Waals surface area (Å²) in [6, 6.07) is 13.5. The number of halogens is 1. The first kappa shape index (κ1) is 22.3. The topological polar surface area (TPSA) is 122 Å². The number of hydrogen-bond acceptors (Lipinski definition) is 6. The number of phenolic OH excluding ortho intramolecular Hbond substituents is 1. The third-order valence-electron chi connectivity index (χ3n) is 5.98. The number of nitrogens with zero attached hydrogens (tertiary/aromatic N) is 3. The summed E-state index contributed by atoms with van der Waals surface area (Å²) in [5.41, 5.74) is 2.60. The number of carbonyl (C=O) groups excluding carboxylic acids is 2. The predicted octanol–water partition coefficient (Wildman–Crippen LogP) is 4.66. The van der Waals surface area contributed by atoms with Crippen LogP contribution in [-0.2, 0) is 6.54 Å². The van der Waals surface area contributed by atoms with E-state index in [1.165, 1.54) is 35.1 Å². The maximum Gasteiger partial charge on any atom is 0.342 e. The van der Waals surface area contributed by atoms with Gasteiger partial charge in [-0.1, -0.05) is 23.7 Å². The molecule has 1 aliphatic carbocycles.